The summed E-state index contributed by atoms with van der Waals surface area (Å²) in [6.45, 7) is 0.0241. The first-order valence-electron chi connectivity index (χ1n) is 7.02. The lowest BCUT2D eigenvalue weighted by atomic mass is 10.0. The minimum absolute atomic E-state index is 0.000872. The highest BCUT2D eigenvalue weighted by Gasteiger charge is 2.14. The summed E-state index contributed by atoms with van der Waals surface area (Å²) in [4.78, 5) is 22.0. The lowest BCUT2D eigenvalue weighted by Crippen LogP contribution is -2.02. The second kappa shape index (κ2) is 6.27. The Morgan fingerprint density at radius 1 is 1.00 bits per heavy atom. The summed E-state index contributed by atoms with van der Waals surface area (Å²) in [5.41, 5.74) is 0.908. The zero-order valence-electron chi connectivity index (χ0n) is 12.1. The fourth-order valence-electron chi connectivity index (χ4n) is 2.49. The number of aldehydes is 1. The summed E-state index contributed by atoms with van der Waals surface area (Å²) in [7, 11) is 0. The molecule has 0 saturated carbocycles. The zero-order valence-corrected chi connectivity index (χ0v) is 12.1. The molecule has 5 heteroatoms. The van der Waals surface area contributed by atoms with Crippen LogP contribution in [0.5, 0.6) is 5.75 Å². The summed E-state index contributed by atoms with van der Waals surface area (Å²) in [5, 5.41) is 12.8. The molecule has 0 saturated heterocycles. The molecule has 23 heavy (non-hydrogen) atoms. The Morgan fingerprint density at radius 2 is 1.74 bits per heavy atom. The van der Waals surface area contributed by atoms with Crippen LogP contribution in [0.4, 0.5) is 5.69 Å². The van der Waals surface area contributed by atoms with Crippen LogP contribution >= 0.6 is 0 Å². The van der Waals surface area contributed by atoms with Gasteiger partial charge in [0.05, 0.1) is 16.1 Å². The maximum atomic E-state index is 11.4. The minimum Gasteiger partial charge on any atom is -0.488 e. The first kappa shape index (κ1) is 14.7. The molecule has 0 aliphatic carbocycles. The third-order valence-corrected chi connectivity index (χ3v) is 3.62. The van der Waals surface area contributed by atoms with E-state index in [0.29, 0.717) is 16.9 Å². The van der Waals surface area contributed by atoms with Crippen LogP contribution in [0.1, 0.15) is 15.9 Å². The van der Waals surface area contributed by atoms with Gasteiger partial charge in [-0.2, -0.15) is 0 Å². The van der Waals surface area contributed by atoms with Crippen LogP contribution in [0.25, 0.3) is 10.8 Å². The predicted octanol–water partition coefficient (Wildman–Crippen LogP) is 4.14. The molecule has 114 valence electrons. The van der Waals surface area contributed by atoms with Crippen molar-refractivity contribution < 1.29 is 14.5 Å². The standard InChI is InChI=1S/C18H13NO4/c20-11-16-15-7-3-1-5-13(15)9-10-18(16)23-12-14-6-2-4-8-17(14)19(21)22/h1-11H,12H2. The van der Waals surface area contributed by atoms with E-state index in [1.54, 1.807) is 24.3 Å². The molecule has 3 aromatic rings. The largest absolute Gasteiger partial charge is 0.488 e. The monoisotopic (exact) mass is 307 g/mol. The van der Waals surface area contributed by atoms with Gasteiger partial charge in [0, 0.05) is 6.07 Å². The van der Waals surface area contributed by atoms with Gasteiger partial charge in [0.25, 0.3) is 5.69 Å². The highest BCUT2D eigenvalue weighted by atomic mass is 16.6. The van der Waals surface area contributed by atoms with E-state index >= 15 is 0 Å². The Bertz CT molecular complexity index is 889. The van der Waals surface area contributed by atoms with E-state index in [9.17, 15) is 14.9 Å². The molecule has 0 aromatic heterocycles. The van der Waals surface area contributed by atoms with Crippen molar-refractivity contribution in [3.8, 4) is 5.75 Å². The molecule has 0 aliphatic rings. The third kappa shape index (κ3) is 2.89. The number of hydrogen-bond donors (Lipinski definition) is 0. The van der Waals surface area contributed by atoms with Gasteiger partial charge in [0.1, 0.15) is 12.4 Å². The number of nitrogens with zero attached hydrogens (tertiary/aromatic N) is 1. The fraction of sp³-hybridized carbons (Fsp3) is 0.0556. The van der Waals surface area contributed by atoms with Crippen molar-refractivity contribution in [1.29, 1.82) is 0 Å². The highest BCUT2D eigenvalue weighted by Crippen LogP contribution is 2.28. The van der Waals surface area contributed by atoms with Crippen LogP contribution in [-0.4, -0.2) is 11.2 Å². The summed E-state index contributed by atoms with van der Waals surface area (Å²) in [5.74, 6) is 0.414. The summed E-state index contributed by atoms with van der Waals surface area (Å²) >= 11 is 0. The van der Waals surface area contributed by atoms with Crippen LogP contribution in [0.15, 0.2) is 60.7 Å². The Kier molecular flexibility index (Phi) is 4.01. The van der Waals surface area contributed by atoms with E-state index < -0.39 is 4.92 Å². The molecule has 0 atom stereocenters. The van der Waals surface area contributed by atoms with Gasteiger partial charge in [0.2, 0.25) is 0 Å². The van der Waals surface area contributed by atoms with Gasteiger partial charge in [-0.3, -0.25) is 14.9 Å². The van der Waals surface area contributed by atoms with Crippen LogP contribution in [0.2, 0.25) is 0 Å². The molecule has 3 rings (SSSR count). The number of nitro groups is 1. The van der Waals surface area contributed by atoms with Crippen molar-refractivity contribution in [3.63, 3.8) is 0 Å². The molecule has 5 nitrogen and oxygen atoms in total. The maximum absolute atomic E-state index is 11.4. The Hall–Kier alpha value is -3.21. The molecular weight excluding hydrogens is 294 g/mol. The van der Waals surface area contributed by atoms with Crippen molar-refractivity contribution >= 4 is 22.7 Å². The average molecular weight is 307 g/mol. The van der Waals surface area contributed by atoms with Gasteiger partial charge in [-0.05, 0) is 22.9 Å². The number of carbonyl (C=O) groups excluding carboxylic acids is 1. The lowest BCUT2D eigenvalue weighted by molar-refractivity contribution is -0.385. The van der Waals surface area contributed by atoms with E-state index in [1.807, 2.05) is 30.3 Å². The van der Waals surface area contributed by atoms with Crippen LogP contribution in [0.3, 0.4) is 0 Å². The topological polar surface area (TPSA) is 69.4 Å². The van der Waals surface area contributed by atoms with Crippen LogP contribution < -0.4 is 4.74 Å². The number of fused-ring (bicyclic) bond motifs is 1. The minimum atomic E-state index is -0.445. The molecule has 0 unspecified atom stereocenters. The van der Waals surface area contributed by atoms with E-state index in [-0.39, 0.29) is 12.3 Å². The van der Waals surface area contributed by atoms with Crippen LogP contribution in [-0.2, 0) is 6.61 Å². The molecular formula is C18H13NO4. The van der Waals surface area contributed by atoms with Crippen LogP contribution in [0, 0.1) is 10.1 Å². The van der Waals surface area contributed by atoms with Gasteiger partial charge in [-0.15, -0.1) is 0 Å². The van der Waals surface area contributed by atoms with Gasteiger partial charge in [0.15, 0.2) is 6.29 Å². The molecule has 0 fully saturated rings. The number of nitro benzene ring substituents is 1. The SMILES string of the molecule is O=Cc1c(OCc2ccccc2[N+](=O)[O-])ccc2ccccc12. The summed E-state index contributed by atoms with van der Waals surface area (Å²) in [6.07, 6.45) is 0.747. The number of rotatable bonds is 5. The average Bonchev–Trinajstić information content (AvgIpc) is 2.59. The quantitative estimate of drug-likeness (QED) is 0.403. The molecule has 3 aromatic carbocycles. The number of para-hydroxylation sites is 1. The first-order valence-corrected chi connectivity index (χ1v) is 7.02. The number of carbonyl (C=O) groups is 1. The highest BCUT2D eigenvalue weighted by molar-refractivity contribution is 6.00. The Balaban J connectivity index is 1.94. The third-order valence-electron chi connectivity index (χ3n) is 3.62. The molecule has 0 bridgehead atoms. The Morgan fingerprint density at radius 3 is 2.52 bits per heavy atom. The fourth-order valence-corrected chi connectivity index (χ4v) is 2.49. The number of benzene rings is 3. The molecule has 0 N–H and O–H groups in total. The molecule has 0 radical (unpaired) electrons. The van der Waals surface area contributed by atoms with Gasteiger partial charge in [-0.1, -0.05) is 42.5 Å². The maximum Gasteiger partial charge on any atom is 0.276 e. The number of hydrogen-bond acceptors (Lipinski definition) is 4. The summed E-state index contributed by atoms with van der Waals surface area (Å²) in [6, 6.07) is 17.5. The van der Waals surface area contributed by atoms with E-state index in [2.05, 4.69) is 0 Å². The molecule has 0 aliphatic heterocycles. The number of ether oxygens (including phenoxy) is 1. The van der Waals surface area contributed by atoms with Gasteiger partial charge >= 0.3 is 0 Å². The van der Waals surface area contributed by atoms with Crippen molar-refractivity contribution in [2.45, 2.75) is 6.61 Å². The normalized spacial score (nSPS) is 10.4. The predicted molar refractivity (Wildman–Crippen MR) is 86.8 cm³/mol. The molecule has 0 spiro atoms. The van der Waals surface area contributed by atoms with E-state index in [4.69, 9.17) is 4.74 Å². The van der Waals surface area contributed by atoms with Crippen molar-refractivity contribution in [1.82, 2.24) is 0 Å². The Labute approximate surface area is 132 Å². The smallest absolute Gasteiger partial charge is 0.276 e. The van der Waals surface area contributed by atoms with E-state index in [1.165, 1.54) is 6.07 Å². The first-order chi connectivity index (χ1) is 11.2. The van der Waals surface area contributed by atoms with Gasteiger partial charge in [-0.25, -0.2) is 0 Å². The summed E-state index contributed by atoms with van der Waals surface area (Å²) < 4.78 is 5.68. The van der Waals surface area contributed by atoms with Crippen molar-refractivity contribution in [2.24, 2.45) is 0 Å². The lowest BCUT2D eigenvalue weighted by Gasteiger charge is -2.11. The van der Waals surface area contributed by atoms with Gasteiger partial charge < -0.3 is 4.74 Å². The second-order valence-electron chi connectivity index (χ2n) is 4.99. The molecule has 0 amide bonds. The van der Waals surface area contributed by atoms with E-state index in [0.717, 1.165) is 17.1 Å². The zero-order chi connectivity index (χ0) is 16.2. The molecule has 0 heterocycles. The van der Waals surface area contributed by atoms with Crippen molar-refractivity contribution in [2.75, 3.05) is 0 Å². The van der Waals surface area contributed by atoms with Crippen molar-refractivity contribution in [3.05, 3.63) is 81.9 Å². The second-order valence-corrected chi connectivity index (χ2v) is 4.99.